The Hall–Kier alpha value is -2.62. The summed E-state index contributed by atoms with van der Waals surface area (Å²) in [5, 5.41) is 12.2. The predicted octanol–water partition coefficient (Wildman–Crippen LogP) is 0.797. The molecule has 1 aromatic carbocycles. The van der Waals surface area contributed by atoms with Crippen molar-refractivity contribution in [1.29, 1.82) is 0 Å². The van der Waals surface area contributed by atoms with Crippen LogP contribution in [0.3, 0.4) is 0 Å². The molecule has 2 aliphatic heterocycles. The van der Waals surface area contributed by atoms with Gasteiger partial charge in [0.1, 0.15) is 5.76 Å². The Morgan fingerprint density at radius 3 is 2.91 bits per heavy atom. The fraction of sp³-hybridized carbons (Fsp3) is 0.583. The highest BCUT2D eigenvalue weighted by molar-refractivity contribution is 5.80. The normalized spacial score (nSPS) is 32.2. The zero-order valence-corrected chi connectivity index (χ0v) is 19.1. The number of nitrogens with two attached hydrogens (primary N) is 1. The number of benzene rings is 1. The Labute approximate surface area is 192 Å². The summed E-state index contributed by atoms with van der Waals surface area (Å²) < 4.78 is 22.9. The van der Waals surface area contributed by atoms with Crippen LogP contribution in [-0.4, -0.2) is 73.0 Å². The number of hydrogen-bond acceptors (Lipinski definition) is 9. The number of likely N-dealkylation sites (tertiary alicyclic amines) is 1. The van der Waals surface area contributed by atoms with E-state index in [1.54, 1.807) is 13.2 Å². The molecule has 2 aliphatic carbocycles. The lowest BCUT2D eigenvalue weighted by atomic mass is 9.50. The third-order valence-corrected chi connectivity index (χ3v) is 7.77. The molecule has 1 aromatic rings. The summed E-state index contributed by atoms with van der Waals surface area (Å²) in [5.41, 5.74) is 5.61. The third kappa shape index (κ3) is 2.95. The second-order valence-corrected chi connectivity index (χ2v) is 9.38. The number of ether oxygens (including phenoxy) is 4. The van der Waals surface area contributed by atoms with E-state index in [0.717, 1.165) is 17.7 Å². The lowest BCUT2D eigenvalue weighted by Gasteiger charge is -2.61. The summed E-state index contributed by atoms with van der Waals surface area (Å²) in [6, 6.07) is 3.84. The second kappa shape index (κ2) is 7.72. The number of rotatable bonds is 6. The molecular weight excluding hydrogens is 428 g/mol. The summed E-state index contributed by atoms with van der Waals surface area (Å²) in [6.45, 7) is 2.38. The minimum Gasteiger partial charge on any atom is -0.493 e. The number of hydrogen-bond donors (Lipinski definition) is 2. The molecule has 3 N–H and O–H groups in total. The highest BCUT2D eigenvalue weighted by Crippen LogP contribution is 2.65. The van der Waals surface area contributed by atoms with Crippen LogP contribution in [0.1, 0.15) is 37.3 Å². The molecule has 1 saturated heterocycles. The molecule has 0 aromatic heterocycles. The molecule has 9 heteroatoms. The first-order valence-electron chi connectivity index (χ1n) is 11.4. The first-order valence-corrected chi connectivity index (χ1v) is 11.4. The maximum absolute atomic E-state index is 12.8. The topological polar surface area (TPSA) is 121 Å². The van der Waals surface area contributed by atoms with Crippen molar-refractivity contribution in [2.45, 2.75) is 61.9 Å². The molecule has 5 atom stereocenters. The maximum atomic E-state index is 12.8. The van der Waals surface area contributed by atoms with Crippen LogP contribution >= 0.6 is 0 Å². The number of nitrogens with zero attached hydrogens (tertiary/aromatic N) is 1. The molecule has 1 unspecified atom stereocenters. The summed E-state index contributed by atoms with van der Waals surface area (Å²) in [4.78, 5) is 26.7. The SMILES string of the molecule is COc1ccc2c3c1O[C@H]1C(OC(=O)C(C)OC(=O)CCN)=CC[C@@]4(O)[C@@H](C2)N(C)CC[C@]314. The van der Waals surface area contributed by atoms with E-state index in [4.69, 9.17) is 24.7 Å². The van der Waals surface area contributed by atoms with Crippen LogP contribution < -0.4 is 15.2 Å². The van der Waals surface area contributed by atoms with Crippen molar-refractivity contribution in [3.8, 4) is 11.5 Å². The number of aliphatic hydroxyl groups is 1. The van der Waals surface area contributed by atoms with Gasteiger partial charge in [0.25, 0.3) is 0 Å². The highest BCUT2D eigenvalue weighted by atomic mass is 16.6. The molecule has 178 valence electrons. The van der Waals surface area contributed by atoms with E-state index in [1.807, 2.05) is 19.2 Å². The van der Waals surface area contributed by atoms with Gasteiger partial charge in [0.15, 0.2) is 23.7 Å². The zero-order chi connectivity index (χ0) is 23.5. The predicted molar refractivity (Wildman–Crippen MR) is 117 cm³/mol. The standard InChI is InChI=1S/C24H30N2O7/c1-13(31-18(27)7-10-25)22(28)32-16-6-8-24(29)17-12-14-4-5-15(30-3)20-19(14)23(24,21(16)33-20)9-11-26(17)2/h4-6,13,17,21,29H,7-12,25H2,1-3H3/t13?,17-,21+,23+,24-/m1/s1. The molecule has 9 nitrogen and oxygen atoms in total. The lowest BCUT2D eigenvalue weighted by Crippen LogP contribution is -2.74. The molecule has 0 saturated carbocycles. The van der Waals surface area contributed by atoms with Crippen molar-refractivity contribution in [2.75, 3.05) is 27.2 Å². The number of carbonyl (C=O) groups is 2. The van der Waals surface area contributed by atoms with E-state index in [2.05, 4.69) is 4.90 Å². The molecular formula is C24H30N2O7. The van der Waals surface area contributed by atoms with E-state index < -0.39 is 35.2 Å². The van der Waals surface area contributed by atoms with E-state index in [9.17, 15) is 14.7 Å². The Morgan fingerprint density at radius 1 is 1.39 bits per heavy atom. The molecule has 5 rings (SSSR count). The van der Waals surface area contributed by atoms with Crippen LogP contribution in [-0.2, 0) is 30.9 Å². The molecule has 4 aliphatic rings. The van der Waals surface area contributed by atoms with E-state index in [1.165, 1.54) is 6.92 Å². The van der Waals surface area contributed by atoms with Gasteiger partial charge in [-0.2, -0.15) is 0 Å². The van der Waals surface area contributed by atoms with Gasteiger partial charge in [-0.05, 0) is 51.1 Å². The van der Waals surface area contributed by atoms with Crippen LogP contribution in [0.5, 0.6) is 11.5 Å². The Bertz CT molecular complexity index is 1040. The first kappa shape index (κ1) is 22.2. The van der Waals surface area contributed by atoms with Gasteiger partial charge in [0.05, 0.1) is 24.5 Å². The van der Waals surface area contributed by atoms with Gasteiger partial charge in [-0.25, -0.2) is 4.79 Å². The summed E-state index contributed by atoms with van der Waals surface area (Å²) >= 11 is 0. The van der Waals surface area contributed by atoms with Gasteiger partial charge in [-0.1, -0.05) is 6.07 Å². The molecule has 2 bridgehead atoms. The van der Waals surface area contributed by atoms with Crippen LogP contribution in [0.2, 0.25) is 0 Å². The van der Waals surface area contributed by atoms with E-state index in [-0.39, 0.29) is 19.0 Å². The average molecular weight is 459 g/mol. The Balaban J connectivity index is 1.53. The van der Waals surface area contributed by atoms with E-state index in [0.29, 0.717) is 36.5 Å². The number of methoxy groups -OCH3 is 1. The average Bonchev–Trinajstić information content (AvgIpc) is 3.13. The van der Waals surface area contributed by atoms with Crippen LogP contribution in [0.4, 0.5) is 0 Å². The lowest BCUT2D eigenvalue weighted by molar-refractivity contribution is -0.175. The zero-order valence-electron chi connectivity index (χ0n) is 19.1. The minimum atomic E-state index is -1.09. The summed E-state index contributed by atoms with van der Waals surface area (Å²) in [5.74, 6) is 0.276. The van der Waals surface area contributed by atoms with Gasteiger partial charge >= 0.3 is 11.9 Å². The highest BCUT2D eigenvalue weighted by Gasteiger charge is 2.72. The van der Waals surface area contributed by atoms with Gasteiger partial charge in [0, 0.05) is 24.6 Å². The monoisotopic (exact) mass is 458 g/mol. The number of carbonyl (C=O) groups excluding carboxylic acids is 2. The van der Waals surface area contributed by atoms with Crippen molar-refractivity contribution in [2.24, 2.45) is 5.73 Å². The minimum absolute atomic E-state index is 0.0228. The van der Waals surface area contributed by atoms with Crippen molar-refractivity contribution < 1.29 is 33.6 Å². The van der Waals surface area contributed by atoms with Gasteiger partial charge < -0.3 is 34.7 Å². The summed E-state index contributed by atoms with van der Waals surface area (Å²) in [6.07, 6.45) is 1.66. The number of piperidine rings is 1. The van der Waals surface area contributed by atoms with Crippen molar-refractivity contribution in [1.82, 2.24) is 4.90 Å². The third-order valence-electron chi connectivity index (χ3n) is 7.77. The number of likely N-dealkylation sites (N-methyl/N-ethyl adjacent to an activating group) is 1. The largest absolute Gasteiger partial charge is 0.493 e. The molecule has 2 heterocycles. The van der Waals surface area contributed by atoms with Crippen LogP contribution in [0.25, 0.3) is 0 Å². The molecule has 0 amide bonds. The van der Waals surface area contributed by atoms with Crippen molar-refractivity contribution >= 4 is 11.9 Å². The smallest absolute Gasteiger partial charge is 0.352 e. The number of esters is 2. The maximum Gasteiger partial charge on any atom is 0.352 e. The molecule has 33 heavy (non-hydrogen) atoms. The Morgan fingerprint density at radius 2 is 2.18 bits per heavy atom. The molecule has 1 fully saturated rings. The van der Waals surface area contributed by atoms with Gasteiger partial charge in [0.2, 0.25) is 0 Å². The van der Waals surface area contributed by atoms with Crippen molar-refractivity contribution in [3.63, 3.8) is 0 Å². The fourth-order valence-corrected chi connectivity index (χ4v) is 6.21. The fourth-order valence-electron chi connectivity index (χ4n) is 6.21. The van der Waals surface area contributed by atoms with E-state index >= 15 is 0 Å². The summed E-state index contributed by atoms with van der Waals surface area (Å²) in [7, 11) is 3.62. The van der Waals surface area contributed by atoms with Crippen LogP contribution in [0, 0.1) is 0 Å². The molecule has 1 spiro atoms. The van der Waals surface area contributed by atoms with Gasteiger partial charge in [-0.15, -0.1) is 0 Å². The van der Waals surface area contributed by atoms with Gasteiger partial charge in [-0.3, -0.25) is 4.79 Å². The quantitative estimate of drug-likeness (QED) is 0.596. The molecule has 0 radical (unpaired) electrons. The van der Waals surface area contributed by atoms with Crippen molar-refractivity contribution in [3.05, 3.63) is 35.1 Å². The van der Waals surface area contributed by atoms with Crippen LogP contribution in [0.15, 0.2) is 24.0 Å². The Kier molecular flexibility index (Phi) is 5.19. The first-order chi connectivity index (χ1) is 15.8. The second-order valence-electron chi connectivity index (χ2n) is 9.38.